The fourth-order valence-electron chi connectivity index (χ4n) is 4.13. The maximum absolute atomic E-state index is 13.5. The van der Waals surface area contributed by atoms with Gasteiger partial charge in [0.2, 0.25) is 0 Å². The number of carbonyl (C=O) groups excluding carboxylic acids is 2. The second-order valence-corrected chi connectivity index (χ2v) is 9.58. The van der Waals surface area contributed by atoms with Crippen LogP contribution in [-0.2, 0) is 0 Å². The second-order valence-electron chi connectivity index (χ2n) is 9.58. The average Bonchev–Trinajstić information content (AvgIpc) is 2.88. The number of ketones is 1. The lowest BCUT2D eigenvalue weighted by Gasteiger charge is -2.19. The minimum Gasteiger partial charge on any atom is -0.423 e. The summed E-state index contributed by atoms with van der Waals surface area (Å²) in [6.07, 6.45) is -2.10. The lowest BCUT2D eigenvalue weighted by atomic mass is 9.91. The van der Waals surface area contributed by atoms with Crippen LogP contribution >= 0.6 is 0 Å². The summed E-state index contributed by atoms with van der Waals surface area (Å²) in [5, 5.41) is 0. The zero-order valence-electron chi connectivity index (χ0n) is 21.5. The molecule has 0 bridgehead atoms. The van der Waals surface area contributed by atoms with Gasteiger partial charge in [0.15, 0.2) is 5.78 Å². The second kappa shape index (κ2) is 12.7. The summed E-state index contributed by atoms with van der Waals surface area (Å²) in [6.45, 7) is 6.25. The summed E-state index contributed by atoms with van der Waals surface area (Å²) < 4.78 is 45.9. The SMILES string of the molecule is CCCCCC[C@@H](C(=O)c1ccc(C(=O)Oc2ccc(-c3ccc(C(C)C)cc3)cc2)cc1)C(F)(F)F. The molecule has 0 radical (unpaired) electrons. The van der Waals surface area contributed by atoms with Gasteiger partial charge in [-0.25, -0.2) is 4.79 Å². The summed E-state index contributed by atoms with van der Waals surface area (Å²) in [5.74, 6) is -2.87. The van der Waals surface area contributed by atoms with Crippen LogP contribution in [-0.4, -0.2) is 17.9 Å². The summed E-state index contributed by atoms with van der Waals surface area (Å²) in [6, 6.07) is 20.5. The minimum absolute atomic E-state index is 0.0674. The van der Waals surface area contributed by atoms with Crippen molar-refractivity contribution in [2.24, 2.45) is 5.92 Å². The number of alkyl halides is 3. The number of esters is 1. The third-order valence-corrected chi connectivity index (χ3v) is 6.44. The van der Waals surface area contributed by atoms with Gasteiger partial charge in [-0.1, -0.05) is 95.0 Å². The molecule has 1 atom stereocenters. The van der Waals surface area contributed by atoms with E-state index in [1.807, 2.05) is 31.2 Å². The minimum atomic E-state index is -4.61. The molecular formula is C31H33F3O3. The first kappa shape index (κ1) is 28.2. The Bertz CT molecular complexity index is 1160. The maximum Gasteiger partial charge on any atom is 0.398 e. The van der Waals surface area contributed by atoms with Crippen LogP contribution in [0.1, 0.15) is 85.1 Å². The van der Waals surface area contributed by atoms with Gasteiger partial charge >= 0.3 is 12.1 Å². The Balaban J connectivity index is 1.64. The van der Waals surface area contributed by atoms with Crippen molar-refractivity contribution in [2.75, 3.05) is 0 Å². The van der Waals surface area contributed by atoms with Gasteiger partial charge in [0.25, 0.3) is 0 Å². The van der Waals surface area contributed by atoms with Gasteiger partial charge in [-0.3, -0.25) is 4.79 Å². The van der Waals surface area contributed by atoms with Crippen molar-refractivity contribution < 1.29 is 27.5 Å². The molecule has 3 aromatic rings. The quantitative estimate of drug-likeness (QED) is 0.112. The number of Topliss-reactive ketones (excluding diaryl/α,β-unsaturated/α-hetero) is 1. The van der Waals surface area contributed by atoms with Crippen molar-refractivity contribution in [1.82, 2.24) is 0 Å². The number of ether oxygens (including phenoxy) is 1. The van der Waals surface area contributed by atoms with Gasteiger partial charge in [0, 0.05) is 5.56 Å². The first-order valence-electron chi connectivity index (χ1n) is 12.7. The van der Waals surface area contributed by atoms with Gasteiger partial charge in [-0.05, 0) is 53.3 Å². The number of unbranched alkanes of at least 4 members (excludes halogenated alkanes) is 3. The van der Waals surface area contributed by atoms with Crippen LogP contribution in [0.5, 0.6) is 5.75 Å². The van der Waals surface area contributed by atoms with Crippen LogP contribution in [0.4, 0.5) is 13.2 Å². The Kier molecular flexibility index (Phi) is 9.67. The van der Waals surface area contributed by atoms with Crippen molar-refractivity contribution >= 4 is 11.8 Å². The first-order valence-corrected chi connectivity index (χ1v) is 12.7. The van der Waals surface area contributed by atoms with E-state index in [2.05, 4.69) is 26.0 Å². The van der Waals surface area contributed by atoms with Gasteiger partial charge in [0.05, 0.1) is 5.56 Å². The molecular weight excluding hydrogens is 477 g/mol. The molecule has 0 spiro atoms. The molecule has 3 aromatic carbocycles. The van der Waals surface area contributed by atoms with E-state index in [4.69, 9.17) is 4.74 Å². The molecule has 0 amide bonds. The van der Waals surface area contributed by atoms with Gasteiger partial charge in [-0.2, -0.15) is 13.2 Å². The van der Waals surface area contributed by atoms with Crippen LogP contribution < -0.4 is 4.74 Å². The highest BCUT2D eigenvalue weighted by atomic mass is 19.4. The van der Waals surface area contributed by atoms with Gasteiger partial charge in [-0.15, -0.1) is 0 Å². The first-order chi connectivity index (χ1) is 17.6. The fraction of sp³-hybridized carbons (Fsp3) is 0.355. The number of benzene rings is 3. The zero-order chi connectivity index (χ0) is 27.0. The Labute approximate surface area is 216 Å². The fourth-order valence-corrected chi connectivity index (χ4v) is 4.13. The molecule has 0 aliphatic carbocycles. The topological polar surface area (TPSA) is 43.4 Å². The van der Waals surface area contributed by atoms with Crippen LogP contribution in [0.2, 0.25) is 0 Å². The predicted molar refractivity (Wildman–Crippen MR) is 140 cm³/mol. The Morgan fingerprint density at radius 3 is 1.81 bits per heavy atom. The molecule has 0 saturated heterocycles. The number of halogens is 3. The molecule has 0 N–H and O–H groups in total. The van der Waals surface area contributed by atoms with Crippen LogP contribution in [0, 0.1) is 5.92 Å². The van der Waals surface area contributed by atoms with Crippen LogP contribution in [0.3, 0.4) is 0 Å². The standard InChI is InChI=1S/C31H33F3O3/c1-4-5-6-7-8-28(31(32,33)34)29(35)25-13-15-26(16-14-25)30(36)37-27-19-17-24(18-20-27)23-11-9-22(10-12-23)21(2)3/h9-21,28H,4-8H2,1-3H3/t28-/m0/s1. The van der Waals surface area contributed by atoms with Crippen LogP contribution in [0.15, 0.2) is 72.8 Å². The van der Waals surface area contributed by atoms with E-state index in [0.29, 0.717) is 24.5 Å². The van der Waals surface area contributed by atoms with Crippen molar-refractivity contribution in [2.45, 2.75) is 65.0 Å². The number of hydrogen-bond acceptors (Lipinski definition) is 3. The summed E-state index contributed by atoms with van der Waals surface area (Å²) in [5.41, 5.74) is 3.36. The van der Waals surface area contributed by atoms with E-state index in [9.17, 15) is 22.8 Å². The summed E-state index contributed by atoms with van der Waals surface area (Å²) in [7, 11) is 0. The highest BCUT2D eigenvalue weighted by Gasteiger charge is 2.44. The van der Waals surface area contributed by atoms with Gasteiger partial charge < -0.3 is 4.74 Å². The Hall–Kier alpha value is -3.41. The van der Waals surface area contributed by atoms with Crippen LogP contribution in [0.25, 0.3) is 11.1 Å². The maximum atomic E-state index is 13.5. The normalized spacial score (nSPS) is 12.4. The average molecular weight is 511 g/mol. The molecule has 0 aromatic heterocycles. The summed E-state index contributed by atoms with van der Waals surface area (Å²) >= 11 is 0. The summed E-state index contributed by atoms with van der Waals surface area (Å²) in [4.78, 5) is 25.2. The smallest absolute Gasteiger partial charge is 0.398 e. The van der Waals surface area contributed by atoms with E-state index in [1.165, 1.54) is 29.8 Å². The molecule has 6 heteroatoms. The molecule has 0 saturated carbocycles. The van der Waals surface area contributed by atoms with Crippen molar-refractivity contribution in [3.8, 4) is 16.9 Å². The predicted octanol–water partition coefficient (Wildman–Crippen LogP) is 9.03. The molecule has 0 aliphatic heterocycles. The lowest BCUT2D eigenvalue weighted by Crippen LogP contribution is -2.31. The molecule has 3 rings (SSSR count). The number of carbonyl (C=O) groups is 2. The Morgan fingerprint density at radius 1 is 0.757 bits per heavy atom. The third kappa shape index (κ3) is 7.78. The third-order valence-electron chi connectivity index (χ3n) is 6.44. The molecule has 0 heterocycles. The molecule has 196 valence electrons. The van der Waals surface area contributed by atoms with Crippen molar-refractivity contribution in [3.63, 3.8) is 0 Å². The van der Waals surface area contributed by atoms with Gasteiger partial charge in [0.1, 0.15) is 11.7 Å². The molecule has 37 heavy (non-hydrogen) atoms. The largest absolute Gasteiger partial charge is 0.423 e. The molecule has 3 nitrogen and oxygen atoms in total. The van der Waals surface area contributed by atoms with Crippen molar-refractivity contribution in [1.29, 1.82) is 0 Å². The highest BCUT2D eigenvalue weighted by molar-refractivity contribution is 5.99. The van der Waals surface area contributed by atoms with Crippen molar-refractivity contribution in [3.05, 3.63) is 89.5 Å². The lowest BCUT2D eigenvalue weighted by molar-refractivity contribution is -0.162. The molecule has 0 aliphatic rings. The number of rotatable bonds is 11. The zero-order valence-corrected chi connectivity index (χ0v) is 21.5. The van der Waals surface area contributed by atoms with E-state index >= 15 is 0 Å². The Morgan fingerprint density at radius 2 is 1.30 bits per heavy atom. The highest BCUT2D eigenvalue weighted by Crippen LogP contribution is 2.33. The molecule has 0 unspecified atom stereocenters. The van der Waals surface area contributed by atoms with E-state index in [-0.39, 0.29) is 17.5 Å². The van der Waals surface area contributed by atoms with E-state index in [0.717, 1.165) is 24.0 Å². The number of hydrogen-bond donors (Lipinski definition) is 0. The monoisotopic (exact) mass is 510 g/mol. The van der Waals surface area contributed by atoms with E-state index < -0.39 is 23.8 Å². The van der Waals surface area contributed by atoms with E-state index in [1.54, 1.807) is 12.1 Å². The molecule has 0 fully saturated rings.